The Kier molecular flexibility index (Phi) is 5.92. The maximum atomic E-state index is 13.2. The van der Waals surface area contributed by atoms with E-state index in [4.69, 9.17) is 39.9 Å². The molecule has 1 N–H and O–H groups in total. The molecule has 2 aliphatic heterocycles. The fraction of sp³-hybridized carbons (Fsp3) is 0.273. The zero-order chi connectivity index (χ0) is 21.5. The van der Waals surface area contributed by atoms with Gasteiger partial charge in [0.05, 0.1) is 21.3 Å². The third-order valence-electron chi connectivity index (χ3n) is 5.51. The zero-order valence-corrected chi connectivity index (χ0v) is 19.6. The normalized spacial score (nSPS) is 16.0. The van der Waals surface area contributed by atoms with Crippen LogP contribution in [0.25, 0.3) is 16.9 Å². The van der Waals surface area contributed by atoms with Crippen LogP contribution >= 0.6 is 46.6 Å². The van der Waals surface area contributed by atoms with E-state index in [9.17, 15) is 4.79 Å². The number of hydrogen-bond acceptors (Lipinski definition) is 4. The first-order chi connectivity index (χ1) is 15.0. The Bertz CT molecular complexity index is 1170. The second-order valence-corrected chi connectivity index (χ2v) is 9.88. The molecule has 0 saturated carbocycles. The van der Waals surface area contributed by atoms with Crippen molar-refractivity contribution >= 4 is 52.5 Å². The number of carbonyl (C=O) groups excluding carboxylic acids is 1. The van der Waals surface area contributed by atoms with Gasteiger partial charge in [0.1, 0.15) is 0 Å². The summed E-state index contributed by atoms with van der Waals surface area (Å²) in [4.78, 5) is 14.1. The van der Waals surface area contributed by atoms with Crippen LogP contribution in [-0.2, 0) is 5.75 Å². The van der Waals surface area contributed by atoms with Crippen LogP contribution in [-0.4, -0.2) is 33.8 Å². The first kappa shape index (κ1) is 21.2. The van der Waals surface area contributed by atoms with Gasteiger partial charge >= 0.3 is 0 Å². The molecule has 3 aromatic rings. The molecular weight excluding hydrogens is 475 g/mol. The van der Waals surface area contributed by atoms with Gasteiger partial charge in [-0.05, 0) is 48.7 Å². The topological polar surface area (TPSA) is 50.2 Å². The number of carbonyl (C=O) groups is 1. The highest BCUT2D eigenvalue weighted by Gasteiger charge is 2.31. The van der Waals surface area contributed by atoms with Crippen molar-refractivity contribution in [2.45, 2.75) is 29.9 Å². The van der Waals surface area contributed by atoms with Crippen LogP contribution in [0.2, 0.25) is 15.1 Å². The van der Waals surface area contributed by atoms with E-state index in [-0.39, 0.29) is 5.91 Å². The molecule has 2 aromatic carbocycles. The summed E-state index contributed by atoms with van der Waals surface area (Å²) >= 11 is 20.5. The highest BCUT2D eigenvalue weighted by Crippen LogP contribution is 2.45. The molecule has 160 valence electrons. The van der Waals surface area contributed by atoms with Gasteiger partial charge in [-0.25, -0.2) is 9.69 Å². The lowest BCUT2D eigenvalue weighted by molar-refractivity contribution is 0.0741. The van der Waals surface area contributed by atoms with Gasteiger partial charge in [-0.15, -0.1) is 11.8 Å². The summed E-state index contributed by atoms with van der Waals surface area (Å²) in [5, 5.41) is 8.40. The predicted molar refractivity (Wildman–Crippen MR) is 126 cm³/mol. The first-order valence-corrected chi connectivity index (χ1v) is 12.2. The van der Waals surface area contributed by atoms with Crippen molar-refractivity contribution in [2.75, 3.05) is 13.1 Å². The molecule has 5 nitrogen and oxygen atoms in total. The van der Waals surface area contributed by atoms with Crippen LogP contribution in [0.5, 0.6) is 0 Å². The minimum absolute atomic E-state index is 0.202. The second kappa shape index (κ2) is 8.68. The van der Waals surface area contributed by atoms with Crippen LogP contribution in [0.3, 0.4) is 0 Å². The highest BCUT2D eigenvalue weighted by atomic mass is 35.5. The number of fused-ring (bicyclic) bond motifs is 3. The molecule has 0 bridgehead atoms. The Morgan fingerprint density at radius 2 is 1.74 bits per heavy atom. The lowest BCUT2D eigenvalue weighted by Gasteiger charge is -2.26. The van der Waals surface area contributed by atoms with Gasteiger partial charge in [-0.3, -0.25) is 10.2 Å². The minimum Gasteiger partial charge on any atom is -0.283 e. The molecule has 9 heteroatoms. The van der Waals surface area contributed by atoms with Crippen molar-refractivity contribution in [2.24, 2.45) is 0 Å². The summed E-state index contributed by atoms with van der Waals surface area (Å²) in [5.74, 6) is 0.513. The van der Waals surface area contributed by atoms with E-state index in [1.807, 2.05) is 29.3 Å². The molecule has 1 saturated heterocycles. The number of piperidine rings is 1. The van der Waals surface area contributed by atoms with E-state index >= 15 is 0 Å². The van der Waals surface area contributed by atoms with E-state index in [1.54, 1.807) is 28.6 Å². The van der Waals surface area contributed by atoms with Gasteiger partial charge in [0.15, 0.2) is 5.69 Å². The summed E-state index contributed by atoms with van der Waals surface area (Å²) in [7, 11) is 0. The van der Waals surface area contributed by atoms with Crippen molar-refractivity contribution in [3.05, 3.63) is 62.7 Å². The lowest BCUT2D eigenvalue weighted by atomic mass is 10.0. The Balaban J connectivity index is 1.64. The van der Waals surface area contributed by atoms with Crippen LogP contribution in [0.1, 0.15) is 35.3 Å². The number of amides is 1. The fourth-order valence-electron chi connectivity index (χ4n) is 4.02. The largest absolute Gasteiger partial charge is 0.287 e. The van der Waals surface area contributed by atoms with E-state index in [1.165, 1.54) is 6.42 Å². The molecule has 0 atom stereocenters. The summed E-state index contributed by atoms with van der Waals surface area (Å²) < 4.78 is 1.75. The maximum absolute atomic E-state index is 13.2. The number of nitrogens with zero attached hydrogens (tertiary/aromatic N) is 3. The lowest BCUT2D eigenvalue weighted by Crippen LogP contribution is -2.45. The molecule has 31 heavy (non-hydrogen) atoms. The molecule has 0 spiro atoms. The number of halogens is 3. The summed E-state index contributed by atoms with van der Waals surface area (Å²) in [5.41, 5.74) is 7.04. The smallest absolute Gasteiger partial charge is 0.283 e. The minimum atomic E-state index is -0.202. The Labute approximate surface area is 199 Å². The number of rotatable bonds is 3. The quantitative estimate of drug-likeness (QED) is 0.469. The first-order valence-electron chi connectivity index (χ1n) is 10.1. The maximum Gasteiger partial charge on any atom is 0.287 e. The highest BCUT2D eigenvalue weighted by molar-refractivity contribution is 7.98. The average molecular weight is 494 g/mol. The van der Waals surface area contributed by atoms with Gasteiger partial charge in [0.2, 0.25) is 0 Å². The SMILES string of the molecule is O=C(NN1CCCCC1)c1nn(-c2ccc(Cl)cc2Cl)c2c1SCc1cc(Cl)ccc1-2. The molecule has 2 aliphatic rings. The second-order valence-electron chi connectivity index (χ2n) is 7.61. The van der Waals surface area contributed by atoms with E-state index in [2.05, 4.69) is 5.43 Å². The Morgan fingerprint density at radius 3 is 2.52 bits per heavy atom. The van der Waals surface area contributed by atoms with Gasteiger partial charge in [0, 0.05) is 34.5 Å². The molecule has 0 radical (unpaired) electrons. The van der Waals surface area contributed by atoms with Crippen molar-refractivity contribution < 1.29 is 4.79 Å². The van der Waals surface area contributed by atoms with Gasteiger partial charge < -0.3 is 0 Å². The summed E-state index contributed by atoms with van der Waals surface area (Å²) in [6.45, 7) is 1.71. The van der Waals surface area contributed by atoms with Gasteiger partial charge in [-0.1, -0.05) is 47.3 Å². The summed E-state index contributed by atoms with van der Waals surface area (Å²) in [6, 6.07) is 11.1. The fourth-order valence-corrected chi connectivity index (χ4v) is 5.84. The van der Waals surface area contributed by atoms with Crippen molar-refractivity contribution in [1.29, 1.82) is 0 Å². The molecule has 3 heterocycles. The zero-order valence-electron chi connectivity index (χ0n) is 16.5. The van der Waals surface area contributed by atoms with Gasteiger partial charge in [0.25, 0.3) is 5.91 Å². The Hall–Kier alpha value is -1.70. The number of thioether (sulfide) groups is 1. The van der Waals surface area contributed by atoms with Crippen LogP contribution < -0.4 is 5.43 Å². The number of hydrogen-bond donors (Lipinski definition) is 1. The number of hydrazine groups is 1. The molecular formula is C22H19Cl3N4OS. The summed E-state index contributed by atoms with van der Waals surface area (Å²) in [6.07, 6.45) is 3.35. The monoisotopic (exact) mass is 492 g/mol. The Morgan fingerprint density at radius 1 is 1.00 bits per heavy atom. The van der Waals surface area contributed by atoms with Crippen LogP contribution in [0.4, 0.5) is 0 Å². The number of nitrogens with one attached hydrogen (secondary N) is 1. The van der Waals surface area contributed by atoms with E-state index in [0.29, 0.717) is 32.2 Å². The van der Waals surface area contributed by atoms with Crippen molar-refractivity contribution in [1.82, 2.24) is 20.2 Å². The third-order valence-corrected chi connectivity index (χ3v) is 7.41. The predicted octanol–water partition coefficient (Wildman–Crippen LogP) is 6.24. The third kappa shape index (κ3) is 4.08. The standard InChI is InChI=1S/C22H19Cl3N4OS/c23-14-4-6-16-13(10-14)12-31-21-19(22(30)27-28-8-2-1-3-9-28)26-29(20(16)21)18-7-5-15(24)11-17(18)25/h4-7,10-11H,1-3,8-9,12H2,(H,27,30). The molecule has 0 aliphatic carbocycles. The average Bonchev–Trinajstić information content (AvgIpc) is 3.14. The van der Waals surface area contributed by atoms with Gasteiger partial charge in [-0.2, -0.15) is 5.10 Å². The van der Waals surface area contributed by atoms with Crippen molar-refractivity contribution in [3.63, 3.8) is 0 Å². The van der Waals surface area contributed by atoms with E-state index < -0.39 is 0 Å². The van der Waals surface area contributed by atoms with Crippen LogP contribution in [0, 0.1) is 0 Å². The molecule has 0 unspecified atom stereocenters. The van der Waals surface area contributed by atoms with Crippen LogP contribution in [0.15, 0.2) is 41.3 Å². The number of benzene rings is 2. The molecule has 5 rings (SSSR count). The molecule has 1 fully saturated rings. The molecule has 1 aromatic heterocycles. The van der Waals surface area contributed by atoms with Crippen molar-refractivity contribution in [3.8, 4) is 16.9 Å². The van der Waals surface area contributed by atoms with E-state index in [0.717, 1.165) is 47.6 Å². The molecule has 1 amide bonds. The number of aromatic nitrogens is 2.